The minimum absolute atomic E-state index is 0.795. The molecule has 0 amide bonds. The maximum atomic E-state index is 5.47. The largest absolute Gasteiger partial charge is 0.497 e. The summed E-state index contributed by atoms with van der Waals surface area (Å²) in [7, 11) is 1.67. The number of aromatic amines is 1. The van der Waals surface area contributed by atoms with Crippen molar-refractivity contribution in [2.24, 2.45) is 0 Å². The second kappa shape index (κ2) is 4.59. The number of benzene rings is 1. The highest BCUT2D eigenvalue weighted by molar-refractivity contribution is 6.12. The average Bonchev–Trinajstić information content (AvgIpc) is 3.07. The molecule has 0 aliphatic carbocycles. The van der Waals surface area contributed by atoms with Crippen LogP contribution in [0.2, 0.25) is 0 Å². The normalized spacial score (nSPS) is 11.4. The summed E-state index contributed by atoms with van der Waals surface area (Å²) in [5.74, 6) is 1.59. The molecule has 0 fully saturated rings. The second-order valence-corrected chi connectivity index (χ2v) is 5.34. The van der Waals surface area contributed by atoms with Crippen LogP contribution in [0.15, 0.2) is 35.1 Å². The van der Waals surface area contributed by atoms with Gasteiger partial charge in [0, 0.05) is 39.8 Å². The molecule has 5 heteroatoms. The number of ether oxygens (including phenoxy) is 1. The van der Waals surface area contributed by atoms with Crippen molar-refractivity contribution in [1.82, 2.24) is 15.1 Å². The van der Waals surface area contributed by atoms with E-state index in [9.17, 15) is 0 Å². The summed E-state index contributed by atoms with van der Waals surface area (Å²) in [6.07, 6.45) is 3.65. The fourth-order valence-corrected chi connectivity index (χ4v) is 3.00. The molecule has 4 aromatic rings. The van der Waals surface area contributed by atoms with Crippen molar-refractivity contribution in [2.75, 3.05) is 7.11 Å². The van der Waals surface area contributed by atoms with E-state index in [2.05, 4.69) is 15.1 Å². The number of nitrogens with one attached hydrogen (secondary N) is 1. The molecule has 4 rings (SSSR count). The number of hydrogen-bond acceptors (Lipinski definition) is 4. The van der Waals surface area contributed by atoms with E-state index in [0.29, 0.717) is 0 Å². The summed E-state index contributed by atoms with van der Waals surface area (Å²) < 4.78 is 10.8. The molecule has 22 heavy (non-hydrogen) atoms. The lowest BCUT2D eigenvalue weighted by molar-refractivity contribution is 0.393. The molecule has 0 bridgehead atoms. The van der Waals surface area contributed by atoms with Crippen LogP contribution in [0.3, 0.4) is 0 Å². The van der Waals surface area contributed by atoms with E-state index in [1.807, 2.05) is 38.2 Å². The van der Waals surface area contributed by atoms with Crippen molar-refractivity contribution in [2.45, 2.75) is 13.8 Å². The van der Waals surface area contributed by atoms with Gasteiger partial charge in [0.1, 0.15) is 11.5 Å². The molecule has 3 aromatic heterocycles. The zero-order valence-electron chi connectivity index (χ0n) is 12.6. The topological polar surface area (TPSA) is 63.9 Å². The van der Waals surface area contributed by atoms with Gasteiger partial charge in [-0.05, 0) is 32.0 Å². The number of H-pyrrole nitrogens is 1. The molecule has 0 saturated heterocycles. The van der Waals surface area contributed by atoms with Gasteiger partial charge < -0.3 is 14.2 Å². The molecule has 0 aliphatic heterocycles. The quantitative estimate of drug-likeness (QED) is 0.607. The number of hydrogen-bond donors (Lipinski definition) is 1. The Labute approximate surface area is 126 Å². The second-order valence-electron chi connectivity index (χ2n) is 5.34. The molecular formula is C17H15N3O2. The van der Waals surface area contributed by atoms with Gasteiger partial charge in [-0.15, -0.1) is 0 Å². The van der Waals surface area contributed by atoms with Gasteiger partial charge >= 0.3 is 0 Å². The molecule has 0 aliphatic rings. The van der Waals surface area contributed by atoms with E-state index in [-0.39, 0.29) is 0 Å². The molecule has 0 unspecified atom stereocenters. The van der Waals surface area contributed by atoms with Crippen LogP contribution in [0.1, 0.15) is 11.5 Å². The van der Waals surface area contributed by atoms with Crippen molar-refractivity contribution in [3.05, 3.63) is 42.0 Å². The molecule has 1 N–H and O–H groups in total. The van der Waals surface area contributed by atoms with Crippen LogP contribution in [0.25, 0.3) is 32.9 Å². The van der Waals surface area contributed by atoms with Crippen LogP contribution in [-0.2, 0) is 0 Å². The maximum absolute atomic E-state index is 5.47. The first-order valence-corrected chi connectivity index (χ1v) is 7.05. The standard InChI is InChI=1S/C17H15N3O2/c1-9-16(10(2)22-20-9)13-7-11(21-3)6-12-14-8-18-5-4-15(14)19-17(12)13/h4-8,19H,1-3H3. The molecule has 0 spiro atoms. The first kappa shape index (κ1) is 12.9. The molecule has 0 atom stereocenters. The molecular weight excluding hydrogens is 278 g/mol. The first-order valence-electron chi connectivity index (χ1n) is 7.05. The Bertz CT molecular complexity index is 978. The van der Waals surface area contributed by atoms with Gasteiger partial charge in [0.15, 0.2) is 0 Å². The molecule has 5 nitrogen and oxygen atoms in total. The highest BCUT2D eigenvalue weighted by Gasteiger charge is 2.18. The molecule has 1 aromatic carbocycles. The number of fused-ring (bicyclic) bond motifs is 3. The van der Waals surface area contributed by atoms with Crippen molar-refractivity contribution in [3.8, 4) is 16.9 Å². The van der Waals surface area contributed by atoms with Crippen molar-refractivity contribution >= 4 is 21.8 Å². The van der Waals surface area contributed by atoms with E-state index in [4.69, 9.17) is 9.26 Å². The van der Waals surface area contributed by atoms with Crippen LogP contribution in [0, 0.1) is 13.8 Å². The number of nitrogens with zero attached hydrogens (tertiary/aromatic N) is 2. The summed E-state index contributed by atoms with van der Waals surface area (Å²) in [6.45, 7) is 3.87. The maximum Gasteiger partial charge on any atom is 0.141 e. The Balaban J connectivity index is 2.17. The lowest BCUT2D eigenvalue weighted by Crippen LogP contribution is -1.88. The predicted octanol–water partition coefficient (Wildman–Crippen LogP) is 4.00. The van der Waals surface area contributed by atoms with Gasteiger partial charge in [0.25, 0.3) is 0 Å². The lowest BCUT2D eigenvalue weighted by atomic mass is 10.0. The summed E-state index contributed by atoms with van der Waals surface area (Å²) in [5.41, 5.74) is 4.98. The Hall–Kier alpha value is -2.82. The molecule has 3 heterocycles. The summed E-state index contributed by atoms with van der Waals surface area (Å²) in [6, 6.07) is 6.01. The van der Waals surface area contributed by atoms with E-state index in [0.717, 1.165) is 50.1 Å². The minimum Gasteiger partial charge on any atom is -0.497 e. The highest BCUT2D eigenvalue weighted by Crippen LogP contribution is 2.38. The van der Waals surface area contributed by atoms with E-state index >= 15 is 0 Å². The fraction of sp³-hybridized carbons (Fsp3) is 0.176. The lowest BCUT2D eigenvalue weighted by Gasteiger charge is -2.07. The third-order valence-electron chi connectivity index (χ3n) is 4.02. The zero-order valence-corrected chi connectivity index (χ0v) is 12.6. The number of rotatable bonds is 2. The van der Waals surface area contributed by atoms with Crippen molar-refractivity contribution in [1.29, 1.82) is 0 Å². The number of aromatic nitrogens is 3. The molecule has 110 valence electrons. The number of methoxy groups -OCH3 is 1. The van der Waals surface area contributed by atoms with Crippen molar-refractivity contribution < 1.29 is 9.26 Å². The first-order chi connectivity index (χ1) is 10.7. The average molecular weight is 293 g/mol. The van der Waals surface area contributed by atoms with Gasteiger partial charge in [-0.2, -0.15) is 0 Å². The van der Waals surface area contributed by atoms with Crippen LogP contribution in [0.5, 0.6) is 5.75 Å². The minimum atomic E-state index is 0.795. The smallest absolute Gasteiger partial charge is 0.141 e. The summed E-state index contributed by atoms with van der Waals surface area (Å²) >= 11 is 0. The number of aryl methyl sites for hydroxylation is 2. The Morgan fingerprint density at radius 2 is 2.05 bits per heavy atom. The third kappa shape index (κ3) is 1.72. The Kier molecular flexibility index (Phi) is 2.69. The summed E-state index contributed by atoms with van der Waals surface area (Å²) in [5, 5.41) is 6.22. The SMILES string of the molecule is COc1cc(-c2c(C)noc2C)c2[nH]c3ccncc3c2c1. The summed E-state index contributed by atoms with van der Waals surface area (Å²) in [4.78, 5) is 7.70. The Morgan fingerprint density at radius 3 is 2.77 bits per heavy atom. The van der Waals surface area contributed by atoms with Gasteiger partial charge in [0.05, 0.1) is 18.3 Å². The zero-order chi connectivity index (χ0) is 15.3. The van der Waals surface area contributed by atoms with Gasteiger partial charge in [-0.1, -0.05) is 5.16 Å². The highest BCUT2D eigenvalue weighted by atomic mass is 16.5. The number of pyridine rings is 1. The van der Waals surface area contributed by atoms with E-state index in [1.165, 1.54) is 0 Å². The van der Waals surface area contributed by atoms with Crippen LogP contribution in [0.4, 0.5) is 0 Å². The van der Waals surface area contributed by atoms with Gasteiger partial charge in [-0.3, -0.25) is 4.98 Å². The monoisotopic (exact) mass is 293 g/mol. The van der Waals surface area contributed by atoms with Gasteiger partial charge in [-0.25, -0.2) is 0 Å². The van der Waals surface area contributed by atoms with Crippen LogP contribution < -0.4 is 4.74 Å². The predicted molar refractivity (Wildman–Crippen MR) is 85.1 cm³/mol. The molecule has 0 radical (unpaired) electrons. The van der Waals surface area contributed by atoms with Crippen LogP contribution >= 0.6 is 0 Å². The van der Waals surface area contributed by atoms with E-state index < -0.39 is 0 Å². The fourth-order valence-electron chi connectivity index (χ4n) is 3.00. The van der Waals surface area contributed by atoms with Crippen molar-refractivity contribution in [3.63, 3.8) is 0 Å². The molecule has 0 saturated carbocycles. The third-order valence-corrected chi connectivity index (χ3v) is 4.02. The Morgan fingerprint density at radius 1 is 1.18 bits per heavy atom. The van der Waals surface area contributed by atoms with Crippen LogP contribution in [-0.4, -0.2) is 22.2 Å². The van der Waals surface area contributed by atoms with Gasteiger partial charge in [0.2, 0.25) is 0 Å². The van der Waals surface area contributed by atoms with E-state index in [1.54, 1.807) is 13.3 Å².